The van der Waals surface area contributed by atoms with Crippen molar-refractivity contribution in [2.75, 3.05) is 13.2 Å². The normalized spacial score (nSPS) is 10.9. The summed E-state index contributed by atoms with van der Waals surface area (Å²) in [5.41, 5.74) is 7.83. The summed E-state index contributed by atoms with van der Waals surface area (Å²) in [4.78, 5) is 23.7. The monoisotopic (exact) mass is 384 g/mol. The Hall–Kier alpha value is -3.02. The van der Waals surface area contributed by atoms with Gasteiger partial charge in [-0.3, -0.25) is 20.4 Å². The van der Waals surface area contributed by atoms with Gasteiger partial charge in [-0.2, -0.15) is 0 Å². The summed E-state index contributed by atoms with van der Waals surface area (Å²) in [6.45, 7) is 9.84. The van der Waals surface area contributed by atoms with Crippen LogP contribution in [0.5, 0.6) is 11.5 Å². The second-order valence-corrected chi connectivity index (χ2v) is 7.72. The van der Waals surface area contributed by atoms with Gasteiger partial charge in [0.2, 0.25) is 0 Å². The van der Waals surface area contributed by atoms with Crippen LogP contribution in [0.4, 0.5) is 0 Å². The fraction of sp³-hybridized carbons (Fsp3) is 0.364. The zero-order chi connectivity index (χ0) is 20.7. The molecule has 0 aliphatic rings. The van der Waals surface area contributed by atoms with E-state index in [1.54, 1.807) is 0 Å². The van der Waals surface area contributed by atoms with Crippen molar-refractivity contribution in [3.8, 4) is 11.5 Å². The van der Waals surface area contributed by atoms with Crippen LogP contribution in [-0.2, 0) is 15.0 Å². The molecule has 0 spiro atoms. The number of aryl methyl sites for hydroxylation is 2. The first kappa shape index (κ1) is 21.3. The van der Waals surface area contributed by atoms with Crippen molar-refractivity contribution >= 4 is 11.8 Å². The lowest BCUT2D eigenvalue weighted by Crippen LogP contribution is -2.45. The van der Waals surface area contributed by atoms with Crippen LogP contribution in [0.1, 0.15) is 37.5 Å². The molecule has 0 fully saturated rings. The molecule has 0 bridgehead atoms. The average Bonchev–Trinajstić information content (AvgIpc) is 2.65. The van der Waals surface area contributed by atoms with Gasteiger partial charge in [-0.25, -0.2) is 0 Å². The summed E-state index contributed by atoms with van der Waals surface area (Å²) in [6.07, 6.45) is 0. The zero-order valence-electron chi connectivity index (χ0n) is 17.1. The zero-order valence-corrected chi connectivity index (χ0v) is 17.1. The van der Waals surface area contributed by atoms with E-state index in [2.05, 4.69) is 31.6 Å². The molecule has 2 aromatic carbocycles. The third kappa shape index (κ3) is 6.61. The van der Waals surface area contributed by atoms with E-state index in [-0.39, 0.29) is 18.6 Å². The Labute approximate surface area is 166 Å². The second-order valence-electron chi connectivity index (χ2n) is 7.72. The maximum Gasteiger partial charge on any atom is 0.276 e. The van der Waals surface area contributed by atoms with Gasteiger partial charge in [-0.05, 0) is 54.2 Å². The van der Waals surface area contributed by atoms with Gasteiger partial charge in [0.05, 0.1) is 0 Å². The molecule has 0 atom stereocenters. The molecule has 0 heterocycles. The van der Waals surface area contributed by atoms with Gasteiger partial charge in [-0.15, -0.1) is 0 Å². The molecule has 0 aliphatic heterocycles. The molecule has 0 saturated heterocycles. The van der Waals surface area contributed by atoms with Gasteiger partial charge < -0.3 is 9.47 Å². The van der Waals surface area contributed by atoms with Gasteiger partial charge in [0.1, 0.15) is 11.5 Å². The number of carbonyl (C=O) groups excluding carboxylic acids is 2. The lowest BCUT2D eigenvalue weighted by Gasteiger charge is -2.19. The third-order valence-corrected chi connectivity index (χ3v) is 4.13. The van der Waals surface area contributed by atoms with Crippen LogP contribution < -0.4 is 20.3 Å². The van der Waals surface area contributed by atoms with Crippen molar-refractivity contribution in [3.63, 3.8) is 0 Å². The predicted octanol–water partition coefficient (Wildman–Crippen LogP) is 3.21. The summed E-state index contributed by atoms with van der Waals surface area (Å²) in [6, 6.07) is 13.4. The molecule has 2 aromatic rings. The number of hydrogen-bond donors (Lipinski definition) is 2. The highest BCUT2D eigenvalue weighted by atomic mass is 16.5. The van der Waals surface area contributed by atoms with Crippen molar-refractivity contribution in [1.82, 2.24) is 10.9 Å². The Morgan fingerprint density at radius 2 is 1.43 bits per heavy atom. The molecule has 0 saturated carbocycles. The Kier molecular flexibility index (Phi) is 7.04. The second kappa shape index (κ2) is 9.26. The molecular weight excluding hydrogens is 356 g/mol. The number of hydrazine groups is 1. The van der Waals surface area contributed by atoms with Crippen LogP contribution in [0, 0.1) is 13.8 Å². The number of hydrogen-bond acceptors (Lipinski definition) is 4. The maximum absolute atomic E-state index is 11.8. The number of benzene rings is 2. The largest absolute Gasteiger partial charge is 0.484 e. The maximum atomic E-state index is 11.8. The van der Waals surface area contributed by atoms with Crippen LogP contribution in [0.2, 0.25) is 0 Å². The Bertz CT molecular complexity index is 823. The molecule has 0 aliphatic carbocycles. The van der Waals surface area contributed by atoms with Crippen LogP contribution >= 0.6 is 0 Å². The quantitative estimate of drug-likeness (QED) is 0.750. The lowest BCUT2D eigenvalue weighted by atomic mass is 9.87. The van der Waals surface area contributed by atoms with Gasteiger partial charge in [0, 0.05) is 0 Å². The smallest absolute Gasteiger partial charge is 0.276 e. The van der Waals surface area contributed by atoms with Gasteiger partial charge in [0.25, 0.3) is 11.8 Å². The Balaban J connectivity index is 1.71. The average molecular weight is 384 g/mol. The number of rotatable bonds is 6. The van der Waals surface area contributed by atoms with E-state index in [9.17, 15) is 9.59 Å². The van der Waals surface area contributed by atoms with Gasteiger partial charge in [0.15, 0.2) is 13.2 Å². The third-order valence-electron chi connectivity index (χ3n) is 4.13. The lowest BCUT2D eigenvalue weighted by molar-refractivity contribution is -0.131. The first-order chi connectivity index (χ1) is 13.1. The molecule has 2 N–H and O–H groups in total. The first-order valence-corrected chi connectivity index (χ1v) is 9.16. The number of amides is 2. The van der Waals surface area contributed by atoms with Crippen molar-refractivity contribution in [3.05, 3.63) is 59.2 Å². The molecule has 2 rings (SSSR count). The van der Waals surface area contributed by atoms with E-state index in [0.29, 0.717) is 11.5 Å². The highest BCUT2D eigenvalue weighted by Crippen LogP contribution is 2.24. The summed E-state index contributed by atoms with van der Waals surface area (Å²) >= 11 is 0. The van der Waals surface area contributed by atoms with Crippen LogP contribution in [0.3, 0.4) is 0 Å². The summed E-state index contributed by atoms with van der Waals surface area (Å²) in [5, 5.41) is 0. The molecule has 6 nitrogen and oxygen atoms in total. The van der Waals surface area contributed by atoms with Crippen LogP contribution in [-0.4, -0.2) is 25.0 Å². The highest BCUT2D eigenvalue weighted by molar-refractivity contribution is 5.83. The van der Waals surface area contributed by atoms with Crippen molar-refractivity contribution in [2.24, 2.45) is 0 Å². The summed E-state index contributed by atoms with van der Waals surface area (Å²) in [5.74, 6) is 0.319. The van der Waals surface area contributed by atoms with Crippen molar-refractivity contribution in [2.45, 2.75) is 40.0 Å². The van der Waals surface area contributed by atoms with Crippen molar-refractivity contribution in [1.29, 1.82) is 0 Å². The van der Waals surface area contributed by atoms with E-state index < -0.39 is 11.8 Å². The van der Waals surface area contributed by atoms with E-state index in [4.69, 9.17) is 9.47 Å². The Morgan fingerprint density at radius 1 is 0.857 bits per heavy atom. The predicted molar refractivity (Wildman–Crippen MR) is 108 cm³/mol. The molecule has 2 amide bonds. The summed E-state index contributed by atoms with van der Waals surface area (Å²) < 4.78 is 10.9. The molecule has 0 aromatic heterocycles. The minimum Gasteiger partial charge on any atom is -0.484 e. The van der Waals surface area contributed by atoms with E-state index in [0.717, 1.165) is 11.1 Å². The van der Waals surface area contributed by atoms with Crippen molar-refractivity contribution < 1.29 is 19.1 Å². The molecule has 0 radical (unpaired) electrons. The first-order valence-electron chi connectivity index (χ1n) is 9.16. The van der Waals surface area contributed by atoms with E-state index >= 15 is 0 Å². The number of ether oxygens (including phenoxy) is 2. The SMILES string of the molecule is Cc1ccc(C)c(OCC(=O)NNC(=O)COc2ccc(C(C)(C)C)cc2)c1. The molecule has 150 valence electrons. The highest BCUT2D eigenvalue weighted by Gasteiger charge is 2.13. The van der Waals surface area contributed by atoms with E-state index in [1.165, 1.54) is 5.56 Å². The molecule has 6 heteroatoms. The topological polar surface area (TPSA) is 76.7 Å². The van der Waals surface area contributed by atoms with Gasteiger partial charge in [-0.1, -0.05) is 45.0 Å². The fourth-order valence-electron chi connectivity index (χ4n) is 2.42. The number of nitrogens with one attached hydrogen (secondary N) is 2. The van der Waals surface area contributed by atoms with Crippen LogP contribution in [0.25, 0.3) is 0 Å². The Morgan fingerprint density at radius 3 is 2.00 bits per heavy atom. The van der Waals surface area contributed by atoms with Crippen LogP contribution in [0.15, 0.2) is 42.5 Å². The molecule has 28 heavy (non-hydrogen) atoms. The molecule has 0 unspecified atom stereocenters. The summed E-state index contributed by atoms with van der Waals surface area (Å²) in [7, 11) is 0. The fourth-order valence-corrected chi connectivity index (χ4v) is 2.42. The standard InChI is InChI=1S/C22H28N2O4/c1-15-6-7-16(2)19(12-15)28-14-21(26)24-23-20(25)13-27-18-10-8-17(9-11-18)22(3,4)5/h6-12H,13-14H2,1-5H3,(H,23,25)(H,24,26). The molecular formula is C22H28N2O4. The van der Waals surface area contributed by atoms with Gasteiger partial charge >= 0.3 is 0 Å². The minimum absolute atomic E-state index is 0.0548. The van der Waals surface area contributed by atoms with E-state index in [1.807, 2.05) is 56.3 Å². The minimum atomic E-state index is -0.458. The number of carbonyl (C=O) groups is 2.